The Hall–Kier alpha value is -0.450. The molecule has 0 aliphatic carbocycles. The highest BCUT2D eigenvalue weighted by atomic mass is 79.9. The molecule has 0 fully saturated rings. The third kappa shape index (κ3) is 3.42. The molecule has 1 rings (SSSR count). The predicted octanol–water partition coefficient (Wildman–Crippen LogP) is 2.28. The Balaban J connectivity index is 2.59. The Bertz CT molecular complexity index is 280. The van der Waals surface area contributed by atoms with Gasteiger partial charge < -0.3 is 4.74 Å². The average Bonchev–Trinajstić information content (AvgIpc) is 2.11. The number of methoxy groups -OCH3 is 1. The van der Waals surface area contributed by atoms with Gasteiger partial charge in [0.1, 0.15) is 5.82 Å². The quantitative estimate of drug-likeness (QED) is 0.652. The zero-order chi connectivity index (χ0) is 9.68. The first-order valence-corrected chi connectivity index (χ1v) is 4.67. The van der Waals surface area contributed by atoms with Gasteiger partial charge in [-0.3, -0.25) is 5.32 Å². The van der Waals surface area contributed by atoms with Gasteiger partial charge in [0.2, 0.25) is 0 Å². The number of hydrogen-bond acceptors (Lipinski definition) is 2. The normalized spacial score (nSPS) is 10.4. The molecule has 0 atom stereocenters. The molecule has 0 aliphatic rings. The third-order valence-electron chi connectivity index (χ3n) is 1.57. The number of hydrogen-bond donors (Lipinski definition) is 1. The molecule has 0 radical (unpaired) electrons. The molecular weight excluding hydrogens is 237 g/mol. The van der Waals surface area contributed by atoms with E-state index in [4.69, 9.17) is 4.74 Å². The molecule has 0 saturated carbocycles. The average molecular weight is 248 g/mol. The molecule has 0 aliphatic heterocycles. The fourth-order valence-electron chi connectivity index (χ4n) is 0.967. The summed E-state index contributed by atoms with van der Waals surface area (Å²) < 4.78 is 18.8. The molecule has 0 aromatic heterocycles. The highest BCUT2D eigenvalue weighted by Gasteiger charge is 2.01. The maximum Gasteiger partial charge on any atom is 0.127 e. The van der Waals surface area contributed by atoms with Gasteiger partial charge in [0.25, 0.3) is 0 Å². The predicted molar refractivity (Wildman–Crippen MR) is 52.8 cm³/mol. The molecule has 0 saturated heterocycles. The van der Waals surface area contributed by atoms with Gasteiger partial charge in [0.05, 0.1) is 6.73 Å². The molecule has 1 aromatic rings. The van der Waals surface area contributed by atoms with Crippen LogP contribution in [0.1, 0.15) is 5.56 Å². The lowest BCUT2D eigenvalue weighted by Crippen LogP contribution is -2.16. The van der Waals surface area contributed by atoms with Crippen LogP contribution >= 0.6 is 15.9 Å². The van der Waals surface area contributed by atoms with Crippen LogP contribution in [0.4, 0.5) is 4.39 Å². The largest absolute Gasteiger partial charge is 0.370 e. The minimum atomic E-state index is -0.202. The van der Waals surface area contributed by atoms with Crippen LogP contribution in [-0.4, -0.2) is 13.8 Å². The molecule has 0 bridgehead atoms. The van der Waals surface area contributed by atoms with Gasteiger partial charge in [-0.15, -0.1) is 0 Å². The van der Waals surface area contributed by atoms with Gasteiger partial charge in [-0.05, 0) is 18.2 Å². The van der Waals surface area contributed by atoms with Crippen LogP contribution in [0.25, 0.3) is 0 Å². The van der Waals surface area contributed by atoms with E-state index in [-0.39, 0.29) is 5.82 Å². The van der Waals surface area contributed by atoms with Crippen LogP contribution in [0.2, 0.25) is 0 Å². The van der Waals surface area contributed by atoms with Gasteiger partial charge >= 0.3 is 0 Å². The van der Waals surface area contributed by atoms with Crippen molar-refractivity contribution in [3.8, 4) is 0 Å². The number of nitrogens with one attached hydrogen (secondary N) is 1. The molecule has 0 heterocycles. The van der Waals surface area contributed by atoms with Crippen molar-refractivity contribution >= 4 is 15.9 Å². The number of rotatable bonds is 4. The van der Waals surface area contributed by atoms with Crippen LogP contribution in [0.15, 0.2) is 22.7 Å². The molecule has 2 nitrogen and oxygen atoms in total. The minimum Gasteiger partial charge on any atom is -0.370 e. The van der Waals surface area contributed by atoms with E-state index in [2.05, 4.69) is 21.2 Å². The van der Waals surface area contributed by atoms with E-state index >= 15 is 0 Å². The van der Waals surface area contributed by atoms with Crippen molar-refractivity contribution in [2.75, 3.05) is 13.8 Å². The van der Waals surface area contributed by atoms with Crippen molar-refractivity contribution in [2.45, 2.75) is 6.54 Å². The van der Waals surface area contributed by atoms with E-state index in [1.807, 2.05) is 0 Å². The maximum atomic E-state index is 13.1. The summed E-state index contributed by atoms with van der Waals surface area (Å²) in [5.74, 6) is -0.202. The highest BCUT2D eigenvalue weighted by molar-refractivity contribution is 9.10. The van der Waals surface area contributed by atoms with E-state index in [9.17, 15) is 4.39 Å². The monoisotopic (exact) mass is 247 g/mol. The Morgan fingerprint density at radius 3 is 3.00 bits per heavy atom. The van der Waals surface area contributed by atoms with Crippen molar-refractivity contribution in [3.05, 3.63) is 34.1 Å². The number of halogens is 2. The standard InChI is InChI=1S/C9H11BrFNO/c1-13-6-12-5-7-4-8(10)2-3-9(7)11/h2-4,12H,5-6H2,1H3. The smallest absolute Gasteiger partial charge is 0.127 e. The molecule has 0 unspecified atom stereocenters. The first-order valence-electron chi connectivity index (χ1n) is 3.87. The van der Waals surface area contributed by atoms with Gasteiger partial charge in [-0.2, -0.15) is 0 Å². The van der Waals surface area contributed by atoms with Crippen molar-refractivity contribution in [2.24, 2.45) is 0 Å². The zero-order valence-electron chi connectivity index (χ0n) is 7.31. The summed E-state index contributed by atoms with van der Waals surface area (Å²) in [6.45, 7) is 0.894. The van der Waals surface area contributed by atoms with Crippen LogP contribution in [-0.2, 0) is 11.3 Å². The number of benzene rings is 1. The van der Waals surface area contributed by atoms with Crippen molar-refractivity contribution in [1.29, 1.82) is 0 Å². The topological polar surface area (TPSA) is 21.3 Å². The molecule has 1 N–H and O–H groups in total. The first-order chi connectivity index (χ1) is 6.24. The summed E-state index contributed by atoms with van der Waals surface area (Å²) in [5.41, 5.74) is 0.631. The van der Waals surface area contributed by atoms with Crippen LogP contribution in [0.5, 0.6) is 0 Å². The summed E-state index contributed by atoms with van der Waals surface area (Å²) in [7, 11) is 1.59. The highest BCUT2D eigenvalue weighted by Crippen LogP contribution is 2.15. The third-order valence-corrected chi connectivity index (χ3v) is 2.06. The van der Waals surface area contributed by atoms with Crippen LogP contribution in [0, 0.1) is 5.82 Å². The minimum absolute atomic E-state index is 0.202. The Kier molecular flexibility index (Phi) is 4.35. The van der Waals surface area contributed by atoms with E-state index in [0.29, 0.717) is 18.8 Å². The second kappa shape index (κ2) is 5.32. The SMILES string of the molecule is COCNCc1cc(Br)ccc1F. The molecule has 0 amide bonds. The van der Waals surface area contributed by atoms with Crippen LogP contribution in [0.3, 0.4) is 0 Å². The molecule has 1 aromatic carbocycles. The fraction of sp³-hybridized carbons (Fsp3) is 0.333. The lowest BCUT2D eigenvalue weighted by Gasteiger charge is -2.05. The summed E-state index contributed by atoms with van der Waals surface area (Å²) >= 11 is 3.28. The van der Waals surface area contributed by atoms with Crippen molar-refractivity contribution < 1.29 is 9.13 Å². The molecule has 4 heteroatoms. The Labute approximate surface area is 85.2 Å². The van der Waals surface area contributed by atoms with Crippen LogP contribution < -0.4 is 5.32 Å². The van der Waals surface area contributed by atoms with E-state index in [1.165, 1.54) is 6.07 Å². The maximum absolute atomic E-state index is 13.1. The number of ether oxygens (including phenoxy) is 1. The van der Waals surface area contributed by atoms with Gasteiger partial charge in [0, 0.05) is 23.7 Å². The Morgan fingerprint density at radius 1 is 1.54 bits per heavy atom. The summed E-state index contributed by atoms with van der Waals surface area (Å²) in [6, 6.07) is 4.86. The molecule has 0 spiro atoms. The molecular formula is C9H11BrFNO. The second-order valence-electron chi connectivity index (χ2n) is 2.60. The molecule has 13 heavy (non-hydrogen) atoms. The fourth-order valence-corrected chi connectivity index (χ4v) is 1.38. The summed E-state index contributed by atoms with van der Waals surface area (Å²) in [6.07, 6.45) is 0. The van der Waals surface area contributed by atoms with E-state index in [1.54, 1.807) is 19.2 Å². The summed E-state index contributed by atoms with van der Waals surface area (Å²) in [5, 5.41) is 2.94. The van der Waals surface area contributed by atoms with Gasteiger partial charge in [-0.25, -0.2) is 4.39 Å². The zero-order valence-corrected chi connectivity index (χ0v) is 8.90. The van der Waals surface area contributed by atoms with Gasteiger partial charge in [0.15, 0.2) is 0 Å². The lowest BCUT2D eigenvalue weighted by atomic mass is 10.2. The van der Waals surface area contributed by atoms with Crippen molar-refractivity contribution in [3.63, 3.8) is 0 Å². The van der Waals surface area contributed by atoms with Gasteiger partial charge in [-0.1, -0.05) is 15.9 Å². The van der Waals surface area contributed by atoms with E-state index in [0.717, 1.165) is 4.47 Å². The summed E-state index contributed by atoms with van der Waals surface area (Å²) in [4.78, 5) is 0. The molecule has 72 valence electrons. The lowest BCUT2D eigenvalue weighted by molar-refractivity contribution is 0.174. The first kappa shape index (κ1) is 10.6. The van der Waals surface area contributed by atoms with E-state index < -0.39 is 0 Å². The Morgan fingerprint density at radius 2 is 2.31 bits per heavy atom. The second-order valence-corrected chi connectivity index (χ2v) is 3.51. The van der Waals surface area contributed by atoms with Crippen molar-refractivity contribution in [1.82, 2.24) is 5.32 Å².